The van der Waals surface area contributed by atoms with E-state index in [1.807, 2.05) is 36.2 Å². The fourth-order valence-corrected chi connectivity index (χ4v) is 4.18. The Balaban J connectivity index is 1.86. The molecule has 136 valence electrons. The summed E-state index contributed by atoms with van der Waals surface area (Å²) in [7, 11) is 3.45. The average Bonchev–Trinajstić information content (AvgIpc) is 2.63. The van der Waals surface area contributed by atoms with E-state index < -0.39 is 0 Å². The third kappa shape index (κ3) is 3.65. The average molecular weight is 344 g/mol. The number of likely N-dealkylation sites (tertiary alicyclic amines) is 2. The smallest absolute Gasteiger partial charge is 0.228 e. The van der Waals surface area contributed by atoms with E-state index in [-0.39, 0.29) is 23.8 Å². The van der Waals surface area contributed by atoms with Gasteiger partial charge in [0.05, 0.1) is 19.1 Å². The van der Waals surface area contributed by atoms with Crippen molar-refractivity contribution in [2.75, 3.05) is 27.2 Å². The van der Waals surface area contributed by atoms with Crippen LogP contribution in [0.1, 0.15) is 44.2 Å². The quantitative estimate of drug-likeness (QED) is 0.847. The van der Waals surface area contributed by atoms with Crippen LogP contribution in [0.3, 0.4) is 0 Å². The number of ether oxygens (including phenoxy) is 1. The highest BCUT2D eigenvalue weighted by atomic mass is 16.5. The molecule has 5 nitrogen and oxygen atoms in total. The van der Waals surface area contributed by atoms with Crippen molar-refractivity contribution in [2.24, 2.45) is 11.8 Å². The first-order valence-corrected chi connectivity index (χ1v) is 9.19. The third-order valence-electron chi connectivity index (χ3n) is 5.60. The molecule has 0 N–H and O–H groups in total. The van der Waals surface area contributed by atoms with Gasteiger partial charge >= 0.3 is 0 Å². The highest BCUT2D eigenvalue weighted by Crippen LogP contribution is 2.38. The molecule has 0 spiro atoms. The molecule has 1 aromatic carbocycles. The Hall–Kier alpha value is -2.04. The summed E-state index contributed by atoms with van der Waals surface area (Å²) in [5.74, 6) is 1.48. The van der Waals surface area contributed by atoms with E-state index in [1.165, 1.54) is 6.42 Å². The van der Waals surface area contributed by atoms with Crippen molar-refractivity contribution in [1.29, 1.82) is 0 Å². The second-order valence-electron chi connectivity index (χ2n) is 7.40. The van der Waals surface area contributed by atoms with Crippen LogP contribution in [-0.2, 0) is 9.59 Å². The van der Waals surface area contributed by atoms with E-state index in [1.54, 1.807) is 12.0 Å². The number of benzene rings is 1. The molecule has 3 atom stereocenters. The molecular weight excluding hydrogens is 316 g/mol. The largest absolute Gasteiger partial charge is 0.497 e. The molecule has 0 saturated carbocycles. The zero-order chi connectivity index (χ0) is 18.0. The molecule has 0 aliphatic carbocycles. The molecule has 2 saturated heterocycles. The Kier molecular flexibility index (Phi) is 5.30. The van der Waals surface area contributed by atoms with E-state index in [0.29, 0.717) is 18.8 Å². The van der Waals surface area contributed by atoms with Crippen LogP contribution in [-0.4, -0.2) is 48.9 Å². The zero-order valence-corrected chi connectivity index (χ0v) is 15.4. The molecule has 2 amide bonds. The van der Waals surface area contributed by atoms with Gasteiger partial charge in [-0.25, -0.2) is 0 Å². The van der Waals surface area contributed by atoms with Crippen molar-refractivity contribution in [3.05, 3.63) is 29.8 Å². The van der Waals surface area contributed by atoms with Gasteiger partial charge in [0.2, 0.25) is 11.8 Å². The maximum Gasteiger partial charge on any atom is 0.228 e. The first kappa shape index (κ1) is 17.8. The molecule has 3 unspecified atom stereocenters. The van der Waals surface area contributed by atoms with Crippen molar-refractivity contribution in [3.8, 4) is 5.75 Å². The van der Waals surface area contributed by atoms with Crippen LogP contribution in [0.2, 0.25) is 0 Å². The molecule has 2 aliphatic rings. The second-order valence-corrected chi connectivity index (χ2v) is 7.40. The number of nitrogens with zero attached hydrogens (tertiary/aromatic N) is 2. The maximum absolute atomic E-state index is 13.2. The predicted molar refractivity (Wildman–Crippen MR) is 96.2 cm³/mol. The molecular formula is C20H28N2O3. The van der Waals surface area contributed by atoms with Crippen LogP contribution >= 0.6 is 0 Å². The topological polar surface area (TPSA) is 49.9 Å². The Morgan fingerprint density at radius 3 is 2.56 bits per heavy atom. The summed E-state index contributed by atoms with van der Waals surface area (Å²) in [6.45, 7) is 3.88. The lowest BCUT2D eigenvalue weighted by molar-refractivity contribution is -0.147. The summed E-state index contributed by atoms with van der Waals surface area (Å²) < 4.78 is 5.23. The van der Waals surface area contributed by atoms with Gasteiger partial charge in [-0.05, 0) is 42.9 Å². The van der Waals surface area contributed by atoms with E-state index in [4.69, 9.17) is 4.74 Å². The Labute approximate surface area is 149 Å². The highest BCUT2D eigenvalue weighted by molar-refractivity contribution is 5.85. The summed E-state index contributed by atoms with van der Waals surface area (Å²) in [6.07, 6.45) is 3.34. The first-order valence-electron chi connectivity index (χ1n) is 9.19. The molecule has 3 rings (SSSR count). The Bertz CT molecular complexity index is 628. The summed E-state index contributed by atoms with van der Waals surface area (Å²) in [4.78, 5) is 29.3. The molecule has 5 heteroatoms. The number of methoxy groups -OCH3 is 1. The van der Waals surface area contributed by atoms with Gasteiger partial charge in [0.25, 0.3) is 0 Å². The SMILES string of the molecule is COc1ccc(C2C(C(=O)N3CCCC(C)C3)CCC(=O)N2C)cc1. The van der Waals surface area contributed by atoms with Gasteiger partial charge in [-0.15, -0.1) is 0 Å². The fraction of sp³-hybridized carbons (Fsp3) is 0.600. The molecule has 0 aromatic heterocycles. The molecule has 2 heterocycles. The second kappa shape index (κ2) is 7.46. The standard InChI is InChI=1S/C20H28N2O3/c1-14-5-4-12-22(13-14)20(24)17-10-11-18(23)21(2)19(17)15-6-8-16(25-3)9-7-15/h6-9,14,17,19H,4-5,10-13H2,1-3H3. The van der Waals surface area contributed by atoms with Crippen LogP contribution in [0.25, 0.3) is 0 Å². The maximum atomic E-state index is 13.2. The molecule has 2 fully saturated rings. The number of amides is 2. The summed E-state index contributed by atoms with van der Waals surface area (Å²) in [5.41, 5.74) is 1.000. The van der Waals surface area contributed by atoms with Crippen molar-refractivity contribution in [2.45, 2.75) is 38.6 Å². The molecule has 1 aromatic rings. The van der Waals surface area contributed by atoms with Gasteiger partial charge in [0.15, 0.2) is 0 Å². The Morgan fingerprint density at radius 1 is 1.20 bits per heavy atom. The number of rotatable bonds is 3. The molecule has 0 radical (unpaired) electrons. The van der Waals surface area contributed by atoms with Crippen LogP contribution in [0, 0.1) is 11.8 Å². The zero-order valence-electron chi connectivity index (χ0n) is 15.4. The lowest BCUT2D eigenvalue weighted by Gasteiger charge is -2.42. The van der Waals surface area contributed by atoms with Gasteiger partial charge in [-0.1, -0.05) is 19.1 Å². The fourth-order valence-electron chi connectivity index (χ4n) is 4.18. The van der Waals surface area contributed by atoms with Crippen molar-refractivity contribution < 1.29 is 14.3 Å². The van der Waals surface area contributed by atoms with Crippen molar-refractivity contribution >= 4 is 11.8 Å². The van der Waals surface area contributed by atoms with Gasteiger partial charge in [0, 0.05) is 26.6 Å². The number of carbonyl (C=O) groups excluding carboxylic acids is 2. The molecule has 2 aliphatic heterocycles. The van der Waals surface area contributed by atoms with E-state index >= 15 is 0 Å². The normalized spacial score (nSPS) is 27.3. The summed E-state index contributed by atoms with van der Waals surface area (Å²) in [6, 6.07) is 7.53. The van der Waals surface area contributed by atoms with Crippen LogP contribution in [0.4, 0.5) is 0 Å². The van der Waals surface area contributed by atoms with Crippen molar-refractivity contribution in [1.82, 2.24) is 9.80 Å². The number of piperidine rings is 2. The monoisotopic (exact) mass is 344 g/mol. The van der Waals surface area contributed by atoms with E-state index in [0.717, 1.165) is 30.8 Å². The minimum Gasteiger partial charge on any atom is -0.497 e. The van der Waals surface area contributed by atoms with Gasteiger partial charge in [0.1, 0.15) is 5.75 Å². The number of carbonyl (C=O) groups is 2. The number of hydrogen-bond acceptors (Lipinski definition) is 3. The number of hydrogen-bond donors (Lipinski definition) is 0. The lowest BCUT2D eigenvalue weighted by Crippen LogP contribution is -2.49. The van der Waals surface area contributed by atoms with Crippen LogP contribution < -0.4 is 4.74 Å². The van der Waals surface area contributed by atoms with Crippen LogP contribution in [0.15, 0.2) is 24.3 Å². The Morgan fingerprint density at radius 2 is 1.92 bits per heavy atom. The van der Waals surface area contributed by atoms with Gasteiger partial charge < -0.3 is 14.5 Å². The summed E-state index contributed by atoms with van der Waals surface area (Å²) >= 11 is 0. The van der Waals surface area contributed by atoms with E-state index in [9.17, 15) is 9.59 Å². The minimum absolute atomic E-state index is 0.108. The third-order valence-corrected chi connectivity index (χ3v) is 5.60. The van der Waals surface area contributed by atoms with E-state index in [2.05, 4.69) is 6.92 Å². The molecule has 25 heavy (non-hydrogen) atoms. The minimum atomic E-state index is -0.197. The first-order chi connectivity index (χ1) is 12.0. The lowest BCUT2D eigenvalue weighted by atomic mass is 9.83. The van der Waals surface area contributed by atoms with Crippen molar-refractivity contribution in [3.63, 3.8) is 0 Å². The highest BCUT2D eigenvalue weighted by Gasteiger charge is 2.41. The predicted octanol–water partition coefficient (Wildman–Crippen LogP) is 2.86. The van der Waals surface area contributed by atoms with Gasteiger partial charge in [-0.3, -0.25) is 9.59 Å². The molecule has 0 bridgehead atoms. The van der Waals surface area contributed by atoms with Crippen LogP contribution in [0.5, 0.6) is 5.75 Å². The summed E-state index contributed by atoms with van der Waals surface area (Å²) in [5, 5.41) is 0. The van der Waals surface area contributed by atoms with Gasteiger partial charge in [-0.2, -0.15) is 0 Å².